The highest BCUT2D eigenvalue weighted by Crippen LogP contribution is 2.32. The van der Waals surface area contributed by atoms with Crippen molar-refractivity contribution in [1.82, 2.24) is 0 Å². The zero-order valence-corrected chi connectivity index (χ0v) is 14.8. The molecule has 0 aromatic heterocycles. The molecule has 3 aromatic rings. The highest BCUT2D eigenvalue weighted by Gasteiger charge is 2.09. The summed E-state index contributed by atoms with van der Waals surface area (Å²) in [6, 6.07) is 21.3. The number of fused-ring (bicyclic) bond motifs is 1. The van der Waals surface area contributed by atoms with Crippen molar-refractivity contribution < 1.29 is 0 Å². The second-order valence-electron chi connectivity index (χ2n) is 5.06. The van der Waals surface area contributed by atoms with Gasteiger partial charge in [0.05, 0.1) is 0 Å². The molecule has 0 bridgehead atoms. The van der Waals surface area contributed by atoms with Crippen molar-refractivity contribution in [2.24, 2.45) is 0 Å². The van der Waals surface area contributed by atoms with Crippen LogP contribution in [0.5, 0.6) is 0 Å². The van der Waals surface area contributed by atoms with Crippen LogP contribution in [0.15, 0.2) is 69.6 Å². The van der Waals surface area contributed by atoms with Crippen LogP contribution in [0.2, 0.25) is 0 Å². The van der Waals surface area contributed by atoms with Crippen molar-refractivity contribution in [3.63, 3.8) is 0 Å². The van der Waals surface area contributed by atoms with Gasteiger partial charge in [0.1, 0.15) is 0 Å². The van der Waals surface area contributed by atoms with Gasteiger partial charge in [0.25, 0.3) is 0 Å². The van der Waals surface area contributed by atoms with Crippen LogP contribution in [0.4, 0.5) is 5.69 Å². The lowest BCUT2D eigenvalue weighted by Crippen LogP contribution is -2.06. The fraction of sp³-hybridized carbons (Fsp3) is 0.111. The van der Waals surface area contributed by atoms with Gasteiger partial charge in [-0.2, -0.15) is 0 Å². The molecule has 3 aromatic carbocycles. The van der Waals surface area contributed by atoms with Gasteiger partial charge in [0.15, 0.2) is 0 Å². The molecule has 0 amide bonds. The molecule has 0 radical (unpaired) electrons. The molecule has 0 fully saturated rings. The standard InChI is InChI=1S/C18H15Br2N/c1-12(13-5-4-6-14(19)11-13)21-18-10-9-17(20)15-7-2-3-8-16(15)18/h2-12,21H,1H3. The highest BCUT2D eigenvalue weighted by atomic mass is 79.9. The highest BCUT2D eigenvalue weighted by molar-refractivity contribution is 9.11. The minimum absolute atomic E-state index is 0.243. The average molecular weight is 405 g/mol. The maximum atomic E-state index is 3.62. The first-order chi connectivity index (χ1) is 10.1. The molecule has 1 nitrogen and oxygen atoms in total. The Balaban J connectivity index is 1.97. The van der Waals surface area contributed by atoms with E-state index in [2.05, 4.69) is 98.7 Å². The van der Waals surface area contributed by atoms with Crippen molar-refractivity contribution in [1.29, 1.82) is 0 Å². The summed E-state index contributed by atoms with van der Waals surface area (Å²) in [4.78, 5) is 0. The molecule has 0 heterocycles. The smallest absolute Gasteiger partial charge is 0.0486 e. The van der Waals surface area contributed by atoms with E-state index in [1.54, 1.807) is 0 Å². The van der Waals surface area contributed by atoms with Crippen LogP contribution in [-0.4, -0.2) is 0 Å². The summed E-state index contributed by atoms with van der Waals surface area (Å²) >= 11 is 7.15. The Morgan fingerprint density at radius 1 is 0.857 bits per heavy atom. The van der Waals surface area contributed by atoms with Crippen molar-refractivity contribution in [2.45, 2.75) is 13.0 Å². The summed E-state index contributed by atoms with van der Waals surface area (Å²) in [6.45, 7) is 2.18. The number of benzene rings is 3. The lowest BCUT2D eigenvalue weighted by Gasteiger charge is -2.18. The Bertz CT molecular complexity index is 783. The van der Waals surface area contributed by atoms with Gasteiger partial charge < -0.3 is 5.32 Å². The Kier molecular flexibility index (Phi) is 4.32. The largest absolute Gasteiger partial charge is 0.378 e. The lowest BCUT2D eigenvalue weighted by molar-refractivity contribution is 0.886. The van der Waals surface area contributed by atoms with Gasteiger partial charge in [-0.05, 0) is 42.1 Å². The predicted octanol–water partition coefficient (Wildman–Crippen LogP) is 6.54. The summed E-state index contributed by atoms with van der Waals surface area (Å²) < 4.78 is 2.23. The van der Waals surface area contributed by atoms with Crippen molar-refractivity contribution in [3.05, 3.63) is 75.2 Å². The molecule has 1 unspecified atom stereocenters. The van der Waals surface area contributed by atoms with E-state index in [0.717, 1.165) is 14.6 Å². The van der Waals surface area contributed by atoms with E-state index >= 15 is 0 Å². The fourth-order valence-corrected chi connectivity index (χ4v) is 3.38. The van der Waals surface area contributed by atoms with Crippen LogP contribution in [0.1, 0.15) is 18.5 Å². The SMILES string of the molecule is CC(Nc1ccc(Br)c2ccccc12)c1cccc(Br)c1. The molecule has 0 spiro atoms. The maximum absolute atomic E-state index is 3.62. The second-order valence-corrected chi connectivity index (χ2v) is 6.83. The molecule has 1 atom stereocenters. The predicted molar refractivity (Wildman–Crippen MR) is 97.8 cm³/mol. The van der Waals surface area contributed by atoms with Crippen LogP contribution < -0.4 is 5.32 Å². The van der Waals surface area contributed by atoms with Gasteiger partial charge in [0, 0.05) is 26.1 Å². The number of rotatable bonds is 3. The van der Waals surface area contributed by atoms with E-state index in [4.69, 9.17) is 0 Å². The van der Waals surface area contributed by atoms with Crippen molar-refractivity contribution in [2.75, 3.05) is 5.32 Å². The zero-order chi connectivity index (χ0) is 14.8. The van der Waals surface area contributed by atoms with Gasteiger partial charge in [0.2, 0.25) is 0 Å². The van der Waals surface area contributed by atoms with E-state index in [0.29, 0.717) is 0 Å². The minimum Gasteiger partial charge on any atom is -0.378 e. The quantitative estimate of drug-likeness (QED) is 0.522. The zero-order valence-electron chi connectivity index (χ0n) is 11.6. The first-order valence-electron chi connectivity index (χ1n) is 6.84. The van der Waals surface area contributed by atoms with Crippen LogP contribution >= 0.6 is 31.9 Å². The molecule has 0 aliphatic carbocycles. The topological polar surface area (TPSA) is 12.0 Å². The van der Waals surface area contributed by atoms with Crippen LogP contribution in [0.3, 0.4) is 0 Å². The van der Waals surface area contributed by atoms with E-state index in [9.17, 15) is 0 Å². The summed E-state index contributed by atoms with van der Waals surface area (Å²) in [6.07, 6.45) is 0. The Morgan fingerprint density at radius 3 is 2.38 bits per heavy atom. The molecule has 0 saturated heterocycles. The number of hydrogen-bond acceptors (Lipinski definition) is 1. The molecule has 0 aliphatic rings. The molecule has 3 heteroatoms. The first kappa shape index (κ1) is 14.6. The third-order valence-corrected chi connectivity index (χ3v) is 4.78. The molecule has 21 heavy (non-hydrogen) atoms. The summed E-state index contributed by atoms with van der Waals surface area (Å²) in [5, 5.41) is 6.07. The van der Waals surface area contributed by atoms with E-state index in [1.165, 1.54) is 16.3 Å². The van der Waals surface area contributed by atoms with E-state index < -0.39 is 0 Å². The summed E-state index contributed by atoms with van der Waals surface area (Å²) in [5.41, 5.74) is 2.41. The minimum atomic E-state index is 0.243. The molecule has 3 rings (SSSR count). The molecule has 0 saturated carbocycles. The third kappa shape index (κ3) is 3.14. The molecule has 0 aliphatic heterocycles. The van der Waals surface area contributed by atoms with Crippen LogP contribution in [0.25, 0.3) is 10.8 Å². The van der Waals surface area contributed by atoms with Gasteiger partial charge in [-0.25, -0.2) is 0 Å². The van der Waals surface area contributed by atoms with Crippen LogP contribution in [0, 0.1) is 0 Å². The number of nitrogens with one attached hydrogen (secondary N) is 1. The maximum Gasteiger partial charge on any atom is 0.0486 e. The molecule has 106 valence electrons. The number of halogens is 2. The Morgan fingerprint density at radius 2 is 1.62 bits per heavy atom. The van der Waals surface area contributed by atoms with E-state index in [1.807, 2.05) is 6.07 Å². The number of hydrogen-bond donors (Lipinski definition) is 1. The third-order valence-electron chi connectivity index (χ3n) is 3.59. The summed E-state index contributed by atoms with van der Waals surface area (Å²) in [7, 11) is 0. The van der Waals surface area contributed by atoms with Gasteiger partial charge in [-0.3, -0.25) is 0 Å². The monoisotopic (exact) mass is 403 g/mol. The average Bonchev–Trinajstić information content (AvgIpc) is 2.50. The van der Waals surface area contributed by atoms with Gasteiger partial charge >= 0.3 is 0 Å². The van der Waals surface area contributed by atoms with Gasteiger partial charge in [-0.1, -0.05) is 68.3 Å². The van der Waals surface area contributed by atoms with Crippen molar-refractivity contribution >= 4 is 48.3 Å². The first-order valence-corrected chi connectivity index (χ1v) is 8.43. The second kappa shape index (κ2) is 6.20. The molecule has 1 N–H and O–H groups in total. The fourth-order valence-electron chi connectivity index (χ4n) is 2.48. The molecular formula is C18H15Br2N. The normalized spacial score (nSPS) is 12.3. The number of anilines is 1. The Hall–Kier alpha value is -1.32. The van der Waals surface area contributed by atoms with Crippen molar-refractivity contribution in [3.8, 4) is 0 Å². The van der Waals surface area contributed by atoms with Gasteiger partial charge in [-0.15, -0.1) is 0 Å². The van der Waals surface area contributed by atoms with Crippen LogP contribution in [-0.2, 0) is 0 Å². The lowest BCUT2D eigenvalue weighted by atomic mass is 10.1. The molecular weight excluding hydrogens is 390 g/mol. The van der Waals surface area contributed by atoms with E-state index in [-0.39, 0.29) is 6.04 Å². The summed E-state index contributed by atoms with van der Waals surface area (Å²) in [5.74, 6) is 0. The Labute approximate surface area is 141 Å².